The Kier molecular flexibility index (Phi) is 4.87. The quantitative estimate of drug-likeness (QED) is 0.930. The van der Waals surface area contributed by atoms with Gasteiger partial charge in [-0.25, -0.2) is 8.42 Å². The molecule has 1 fully saturated rings. The summed E-state index contributed by atoms with van der Waals surface area (Å²) in [7, 11) is -3.52. The van der Waals surface area contributed by atoms with E-state index in [-0.39, 0.29) is 21.6 Å². The highest BCUT2D eigenvalue weighted by molar-refractivity contribution is 7.91. The lowest BCUT2D eigenvalue weighted by Gasteiger charge is -2.26. The largest absolute Gasteiger partial charge is 0.392 e. The molecule has 0 aliphatic heterocycles. The summed E-state index contributed by atoms with van der Waals surface area (Å²) in [4.78, 5) is 0.117. The molecule has 2 rings (SSSR count). The molecule has 5 heteroatoms. The van der Waals surface area contributed by atoms with Crippen LogP contribution < -0.4 is 0 Å². The van der Waals surface area contributed by atoms with Crippen LogP contribution in [-0.4, -0.2) is 25.4 Å². The first-order valence-corrected chi connectivity index (χ1v) is 8.69. The van der Waals surface area contributed by atoms with E-state index in [1.807, 2.05) is 0 Å². The van der Waals surface area contributed by atoms with Crippen molar-refractivity contribution in [3.05, 3.63) is 29.3 Å². The maximum atomic E-state index is 12.3. The normalized spacial score (nSPS) is 19.3. The topological polar surface area (TPSA) is 54.4 Å². The first-order valence-electron chi connectivity index (χ1n) is 6.66. The Hall–Kier alpha value is -0.580. The van der Waals surface area contributed by atoms with Gasteiger partial charge in [0, 0.05) is 0 Å². The van der Waals surface area contributed by atoms with E-state index in [1.54, 1.807) is 18.2 Å². The second kappa shape index (κ2) is 6.25. The standard InChI is InChI=1S/C14H19ClO3S/c15-12-8-4-5-9-14(12)19(17,18)10-13(16)11-6-2-1-3-7-11/h4-5,8-9,11,13,16H,1-3,6-7,10H2. The molecule has 1 aromatic rings. The van der Waals surface area contributed by atoms with E-state index < -0.39 is 15.9 Å². The van der Waals surface area contributed by atoms with Gasteiger partial charge in [-0.15, -0.1) is 0 Å². The van der Waals surface area contributed by atoms with Crippen LogP contribution in [0.25, 0.3) is 0 Å². The molecule has 19 heavy (non-hydrogen) atoms. The fraction of sp³-hybridized carbons (Fsp3) is 0.571. The third-order valence-electron chi connectivity index (χ3n) is 3.76. The zero-order valence-electron chi connectivity index (χ0n) is 10.8. The van der Waals surface area contributed by atoms with Crippen molar-refractivity contribution in [1.82, 2.24) is 0 Å². The van der Waals surface area contributed by atoms with Gasteiger partial charge in [-0.05, 0) is 30.9 Å². The van der Waals surface area contributed by atoms with Crippen molar-refractivity contribution in [2.24, 2.45) is 5.92 Å². The van der Waals surface area contributed by atoms with E-state index in [0.717, 1.165) is 25.7 Å². The predicted octanol–water partition coefficient (Wildman–Crippen LogP) is 3.05. The van der Waals surface area contributed by atoms with Crippen LogP contribution in [0.2, 0.25) is 5.02 Å². The third kappa shape index (κ3) is 3.71. The number of aliphatic hydroxyl groups excluding tert-OH is 1. The van der Waals surface area contributed by atoms with E-state index in [4.69, 9.17) is 11.6 Å². The van der Waals surface area contributed by atoms with E-state index >= 15 is 0 Å². The Morgan fingerprint density at radius 2 is 1.84 bits per heavy atom. The number of hydrogen-bond donors (Lipinski definition) is 1. The molecule has 0 amide bonds. The SMILES string of the molecule is O=S(=O)(CC(O)C1CCCCC1)c1ccccc1Cl. The number of halogens is 1. The average Bonchev–Trinajstić information content (AvgIpc) is 2.39. The summed E-state index contributed by atoms with van der Waals surface area (Å²) in [6, 6.07) is 6.39. The number of benzene rings is 1. The molecule has 1 aliphatic carbocycles. The van der Waals surface area contributed by atoms with Gasteiger partial charge >= 0.3 is 0 Å². The summed E-state index contributed by atoms with van der Waals surface area (Å²) in [6.07, 6.45) is 4.38. The van der Waals surface area contributed by atoms with Gasteiger partial charge in [-0.2, -0.15) is 0 Å². The van der Waals surface area contributed by atoms with Crippen LogP contribution in [-0.2, 0) is 9.84 Å². The highest BCUT2D eigenvalue weighted by Crippen LogP contribution is 2.29. The Balaban J connectivity index is 2.11. The Bertz CT molecular complexity index is 521. The van der Waals surface area contributed by atoms with E-state index in [9.17, 15) is 13.5 Å². The zero-order chi connectivity index (χ0) is 13.9. The maximum Gasteiger partial charge on any atom is 0.182 e. The van der Waals surface area contributed by atoms with E-state index in [0.29, 0.717) is 0 Å². The van der Waals surface area contributed by atoms with Gasteiger partial charge in [-0.3, -0.25) is 0 Å². The molecule has 0 saturated heterocycles. The fourth-order valence-corrected chi connectivity index (χ4v) is 4.71. The van der Waals surface area contributed by atoms with Crippen molar-refractivity contribution < 1.29 is 13.5 Å². The van der Waals surface area contributed by atoms with Crippen LogP contribution in [0.3, 0.4) is 0 Å². The van der Waals surface area contributed by atoms with Crippen molar-refractivity contribution in [2.75, 3.05) is 5.75 Å². The average molecular weight is 303 g/mol. The third-order valence-corrected chi connectivity index (χ3v) is 6.00. The summed E-state index contributed by atoms with van der Waals surface area (Å²) in [5.41, 5.74) is 0. The van der Waals surface area contributed by atoms with Crippen LogP contribution >= 0.6 is 11.6 Å². The molecule has 3 nitrogen and oxygen atoms in total. The van der Waals surface area contributed by atoms with Gasteiger partial charge < -0.3 is 5.11 Å². The lowest BCUT2D eigenvalue weighted by atomic mass is 9.86. The maximum absolute atomic E-state index is 12.3. The smallest absolute Gasteiger partial charge is 0.182 e. The highest BCUT2D eigenvalue weighted by Gasteiger charge is 2.28. The molecule has 0 aromatic heterocycles. The Morgan fingerprint density at radius 1 is 1.21 bits per heavy atom. The van der Waals surface area contributed by atoms with Crippen LogP contribution in [0.15, 0.2) is 29.2 Å². The van der Waals surface area contributed by atoms with Crippen LogP contribution in [0.1, 0.15) is 32.1 Å². The summed E-state index contributed by atoms with van der Waals surface area (Å²) < 4.78 is 24.5. The first kappa shape index (κ1) is 14.8. The van der Waals surface area contributed by atoms with Gasteiger partial charge in [0.05, 0.1) is 21.8 Å². The summed E-state index contributed by atoms with van der Waals surface area (Å²) in [5, 5.41) is 10.4. The van der Waals surface area contributed by atoms with Gasteiger partial charge in [0.2, 0.25) is 0 Å². The van der Waals surface area contributed by atoms with Crippen LogP contribution in [0, 0.1) is 5.92 Å². The van der Waals surface area contributed by atoms with E-state index in [1.165, 1.54) is 12.5 Å². The van der Waals surface area contributed by atoms with Gasteiger partial charge in [0.15, 0.2) is 9.84 Å². The van der Waals surface area contributed by atoms with Gasteiger partial charge in [0.25, 0.3) is 0 Å². The fourth-order valence-electron chi connectivity index (χ4n) is 2.67. The molecule has 0 heterocycles. The summed E-state index contributed by atoms with van der Waals surface area (Å²) in [6.45, 7) is 0. The van der Waals surface area contributed by atoms with Crippen molar-refractivity contribution in [1.29, 1.82) is 0 Å². The molecule has 106 valence electrons. The van der Waals surface area contributed by atoms with E-state index in [2.05, 4.69) is 0 Å². The van der Waals surface area contributed by atoms with Crippen molar-refractivity contribution >= 4 is 21.4 Å². The predicted molar refractivity (Wildman–Crippen MR) is 76.1 cm³/mol. The van der Waals surface area contributed by atoms with Crippen molar-refractivity contribution in [2.45, 2.75) is 43.1 Å². The van der Waals surface area contributed by atoms with Crippen molar-refractivity contribution in [3.63, 3.8) is 0 Å². The summed E-state index contributed by atoms with van der Waals surface area (Å²) >= 11 is 5.92. The van der Waals surface area contributed by atoms with Gasteiger partial charge in [-0.1, -0.05) is 43.0 Å². The molecule has 0 radical (unpaired) electrons. The molecule has 0 bridgehead atoms. The highest BCUT2D eigenvalue weighted by atomic mass is 35.5. The minimum absolute atomic E-state index is 0.103. The lowest BCUT2D eigenvalue weighted by molar-refractivity contribution is 0.103. The zero-order valence-corrected chi connectivity index (χ0v) is 12.3. The monoisotopic (exact) mass is 302 g/mol. The molecule has 1 aromatic carbocycles. The number of sulfone groups is 1. The lowest BCUT2D eigenvalue weighted by Crippen LogP contribution is -2.30. The summed E-state index contributed by atoms with van der Waals surface area (Å²) in [5.74, 6) is -0.132. The molecule has 1 aliphatic rings. The Morgan fingerprint density at radius 3 is 2.47 bits per heavy atom. The molecule has 1 N–H and O–H groups in total. The molecular weight excluding hydrogens is 284 g/mol. The second-order valence-electron chi connectivity index (χ2n) is 5.18. The number of hydrogen-bond acceptors (Lipinski definition) is 3. The van der Waals surface area contributed by atoms with Crippen LogP contribution in [0.4, 0.5) is 0 Å². The first-order chi connectivity index (χ1) is 9.00. The minimum Gasteiger partial charge on any atom is -0.392 e. The molecule has 1 atom stereocenters. The van der Waals surface area contributed by atoms with Crippen LogP contribution in [0.5, 0.6) is 0 Å². The number of aliphatic hydroxyl groups is 1. The number of rotatable bonds is 4. The minimum atomic E-state index is -3.52. The molecular formula is C14H19ClO3S. The van der Waals surface area contributed by atoms with Gasteiger partial charge in [0.1, 0.15) is 0 Å². The molecule has 1 unspecified atom stereocenters. The van der Waals surface area contributed by atoms with Crippen molar-refractivity contribution in [3.8, 4) is 0 Å². The Labute approximate surface area is 119 Å². The molecule has 1 saturated carbocycles. The molecule has 0 spiro atoms. The second-order valence-corrected chi connectivity index (χ2v) is 7.59.